The summed E-state index contributed by atoms with van der Waals surface area (Å²) in [6.45, 7) is 0.693. The molecule has 1 saturated heterocycles. The minimum absolute atomic E-state index is 0.173. The fourth-order valence-electron chi connectivity index (χ4n) is 1.93. The molecule has 1 fully saturated rings. The molecule has 0 aliphatic carbocycles. The molecule has 0 bridgehead atoms. The second-order valence-corrected chi connectivity index (χ2v) is 5.61. The molecule has 2 amide bonds. The Morgan fingerprint density at radius 2 is 2.00 bits per heavy atom. The van der Waals surface area contributed by atoms with Crippen molar-refractivity contribution >= 4 is 23.6 Å². The van der Waals surface area contributed by atoms with Gasteiger partial charge in [-0.25, -0.2) is 4.39 Å². The number of hydrogen-bond acceptors (Lipinski definition) is 4. The van der Waals surface area contributed by atoms with Crippen LogP contribution in [0.15, 0.2) is 24.3 Å². The van der Waals surface area contributed by atoms with Crippen molar-refractivity contribution in [2.75, 3.05) is 12.3 Å². The molecule has 0 unspecified atom stereocenters. The number of carbonyl (C=O) groups excluding carboxylic acids is 2. The van der Waals surface area contributed by atoms with Crippen molar-refractivity contribution in [3.8, 4) is 0 Å². The number of carbonyl (C=O) groups is 2. The molecular formula is C13H15FN2O2S. The predicted octanol–water partition coefficient (Wildman–Crippen LogP) is 1.15. The lowest BCUT2D eigenvalue weighted by molar-refractivity contribution is -0.138. The van der Waals surface area contributed by atoms with Gasteiger partial charge in [-0.15, -0.1) is 11.8 Å². The van der Waals surface area contributed by atoms with Gasteiger partial charge in [0, 0.05) is 18.7 Å². The van der Waals surface area contributed by atoms with Gasteiger partial charge in [-0.2, -0.15) is 0 Å². The first-order valence-corrected chi connectivity index (χ1v) is 7.07. The van der Waals surface area contributed by atoms with Gasteiger partial charge in [-0.05, 0) is 17.7 Å². The molecule has 0 aromatic heterocycles. The Bertz CT molecular complexity index is 478. The molecule has 1 aliphatic rings. The van der Waals surface area contributed by atoms with Crippen molar-refractivity contribution in [2.24, 2.45) is 5.73 Å². The average Bonchev–Trinajstić information content (AvgIpc) is 2.66. The van der Waals surface area contributed by atoms with Crippen LogP contribution in [0, 0.1) is 5.82 Å². The van der Waals surface area contributed by atoms with Crippen molar-refractivity contribution < 1.29 is 14.0 Å². The van der Waals surface area contributed by atoms with Gasteiger partial charge in [0.15, 0.2) is 0 Å². The molecule has 1 aliphatic heterocycles. The third kappa shape index (κ3) is 3.33. The zero-order valence-electron chi connectivity index (χ0n) is 10.3. The largest absolute Gasteiger partial charge is 0.330 e. The number of halogens is 1. The van der Waals surface area contributed by atoms with Crippen LogP contribution in [0.3, 0.4) is 0 Å². The first-order chi connectivity index (χ1) is 9.11. The number of imide groups is 1. The van der Waals surface area contributed by atoms with Gasteiger partial charge in [-0.1, -0.05) is 12.1 Å². The summed E-state index contributed by atoms with van der Waals surface area (Å²) in [5, 5.41) is -0.323. The van der Waals surface area contributed by atoms with Crippen LogP contribution >= 0.6 is 11.8 Å². The molecule has 4 nitrogen and oxygen atoms in total. The minimum atomic E-state index is -0.334. The summed E-state index contributed by atoms with van der Waals surface area (Å²) in [5.74, 6) is -0.0236. The van der Waals surface area contributed by atoms with E-state index >= 15 is 0 Å². The van der Waals surface area contributed by atoms with Crippen molar-refractivity contribution in [1.82, 2.24) is 4.90 Å². The predicted molar refractivity (Wildman–Crippen MR) is 71.9 cm³/mol. The van der Waals surface area contributed by atoms with Crippen LogP contribution in [0.5, 0.6) is 0 Å². The van der Waals surface area contributed by atoms with Crippen molar-refractivity contribution in [3.63, 3.8) is 0 Å². The number of likely N-dealkylation sites (tertiary alicyclic amines) is 1. The summed E-state index contributed by atoms with van der Waals surface area (Å²) in [7, 11) is 0. The molecule has 1 heterocycles. The second kappa shape index (κ2) is 6.16. The van der Waals surface area contributed by atoms with Crippen LogP contribution in [-0.2, 0) is 16.1 Å². The van der Waals surface area contributed by atoms with Gasteiger partial charge in [0.1, 0.15) is 5.82 Å². The monoisotopic (exact) mass is 282 g/mol. The second-order valence-electron chi connectivity index (χ2n) is 4.30. The van der Waals surface area contributed by atoms with E-state index in [1.54, 1.807) is 12.1 Å². The molecular weight excluding hydrogens is 267 g/mol. The number of nitrogens with two attached hydrogens (primary N) is 1. The van der Waals surface area contributed by atoms with Crippen molar-refractivity contribution in [2.45, 2.75) is 18.2 Å². The Kier molecular flexibility index (Phi) is 4.55. The molecule has 19 heavy (non-hydrogen) atoms. The number of hydrogen-bond donors (Lipinski definition) is 1. The number of thioether (sulfide) groups is 1. The Balaban J connectivity index is 2.02. The Morgan fingerprint density at radius 1 is 1.32 bits per heavy atom. The van der Waals surface area contributed by atoms with E-state index in [2.05, 4.69) is 0 Å². The first-order valence-electron chi connectivity index (χ1n) is 6.02. The zero-order chi connectivity index (χ0) is 13.8. The fourth-order valence-corrected chi connectivity index (χ4v) is 2.88. The maximum Gasteiger partial charge on any atom is 0.243 e. The van der Waals surface area contributed by atoms with Crippen LogP contribution < -0.4 is 5.73 Å². The van der Waals surface area contributed by atoms with Gasteiger partial charge in [0.2, 0.25) is 11.8 Å². The van der Waals surface area contributed by atoms with Gasteiger partial charge in [0.05, 0.1) is 11.8 Å². The Labute approximate surface area is 115 Å². The van der Waals surface area contributed by atoms with Crippen LogP contribution in [-0.4, -0.2) is 34.3 Å². The average molecular weight is 282 g/mol. The smallest absolute Gasteiger partial charge is 0.243 e. The number of amides is 2. The molecule has 0 saturated carbocycles. The normalized spacial score (nSPS) is 19.3. The number of nitrogens with zero attached hydrogens (tertiary/aromatic N) is 1. The quantitative estimate of drug-likeness (QED) is 0.823. The third-order valence-corrected chi connectivity index (χ3v) is 4.14. The van der Waals surface area contributed by atoms with E-state index in [1.807, 2.05) is 0 Å². The summed E-state index contributed by atoms with van der Waals surface area (Å²) < 4.78 is 12.8. The van der Waals surface area contributed by atoms with E-state index < -0.39 is 0 Å². The molecule has 6 heteroatoms. The number of rotatable bonds is 5. The topological polar surface area (TPSA) is 63.4 Å². The van der Waals surface area contributed by atoms with Gasteiger partial charge >= 0.3 is 0 Å². The molecule has 1 aromatic carbocycles. The summed E-state index contributed by atoms with van der Waals surface area (Å²) in [5.41, 5.74) is 6.14. The Morgan fingerprint density at radius 3 is 2.63 bits per heavy atom. The van der Waals surface area contributed by atoms with Crippen molar-refractivity contribution in [1.29, 1.82) is 0 Å². The Hall–Kier alpha value is -1.40. The highest BCUT2D eigenvalue weighted by Crippen LogP contribution is 2.26. The fraction of sp³-hybridized carbons (Fsp3) is 0.385. The molecule has 1 aromatic rings. The van der Waals surface area contributed by atoms with Crippen LogP contribution in [0.1, 0.15) is 12.0 Å². The summed E-state index contributed by atoms with van der Waals surface area (Å²) in [6.07, 6.45) is 0.227. The van der Waals surface area contributed by atoms with Crippen molar-refractivity contribution in [3.05, 3.63) is 35.6 Å². The lowest BCUT2D eigenvalue weighted by Crippen LogP contribution is -2.31. The maximum absolute atomic E-state index is 12.8. The van der Waals surface area contributed by atoms with E-state index in [-0.39, 0.29) is 35.8 Å². The molecule has 102 valence electrons. The molecule has 0 radical (unpaired) electrons. The minimum Gasteiger partial charge on any atom is -0.330 e. The standard InChI is InChI=1S/C13H15FN2O2S/c14-10-3-1-9(2-4-10)8-16-12(17)7-11(13(16)18)19-6-5-15/h1-4,11H,5-8,15H2/t11-/m1/s1. The van der Waals surface area contributed by atoms with E-state index in [4.69, 9.17) is 5.73 Å². The lowest BCUT2D eigenvalue weighted by atomic mass is 10.2. The molecule has 0 spiro atoms. The zero-order valence-corrected chi connectivity index (χ0v) is 11.2. The summed E-state index contributed by atoms with van der Waals surface area (Å²) in [6, 6.07) is 5.80. The van der Waals surface area contributed by atoms with Crippen LogP contribution in [0.4, 0.5) is 4.39 Å². The maximum atomic E-state index is 12.8. The summed E-state index contributed by atoms with van der Waals surface area (Å²) >= 11 is 1.42. The van der Waals surface area contributed by atoms with E-state index in [0.717, 1.165) is 5.56 Å². The molecule has 2 N–H and O–H groups in total. The SMILES string of the molecule is NCCS[C@@H]1CC(=O)N(Cc2ccc(F)cc2)C1=O. The highest BCUT2D eigenvalue weighted by atomic mass is 32.2. The highest BCUT2D eigenvalue weighted by molar-refractivity contribution is 8.00. The third-order valence-electron chi connectivity index (χ3n) is 2.89. The van der Waals surface area contributed by atoms with Gasteiger partial charge in [0.25, 0.3) is 0 Å². The van der Waals surface area contributed by atoms with E-state index in [9.17, 15) is 14.0 Å². The number of benzene rings is 1. The van der Waals surface area contributed by atoms with Gasteiger partial charge < -0.3 is 5.73 Å². The lowest BCUT2D eigenvalue weighted by Gasteiger charge is -2.14. The van der Waals surface area contributed by atoms with E-state index in [1.165, 1.54) is 28.8 Å². The molecule has 1 atom stereocenters. The van der Waals surface area contributed by atoms with Crippen LogP contribution in [0.2, 0.25) is 0 Å². The van der Waals surface area contributed by atoms with Gasteiger partial charge in [-0.3, -0.25) is 14.5 Å². The van der Waals surface area contributed by atoms with Crippen LogP contribution in [0.25, 0.3) is 0 Å². The molecule has 2 rings (SSSR count). The highest BCUT2D eigenvalue weighted by Gasteiger charge is 2.38. The summed E-state index contributed by atoms with van der Waals surface area (Å²) in [4.78, 5) is 25.1. The van der Waals surface area contributed by atoms with E-state index in [0.29, 0.717) is 12.3 Å². The first kappa shape index (κ1) is 14.0.